The van der Waals surface area contributed by atoms with Crippen LogP contribution in [0.2, 0.25) is 0 Å². The molecule has 0 amide bonds. The molecule has 0 aliphatic heterocycles. The zero-order chi connectivity index (χ0) is 11.7. The maximum absolute atomic E-state index is 6.31. The van der Waals surface area contributed by atoms with Gasteiger partial charge in [0.25, 0.3) is 0 Å². The molecule has 17 heavy (non-hydrogen) atoms. The van der Waals surface area contributed by atoms with Crippen molar-refractivity contribution in [2.75, 3.05) is 0 Å². The summed E-state index contributed by atoms with van der Waals surface area (Å²) in [5.41, 5.74) is 1.37. The second-order valence-corrected chi connectivity index (χ2v) is 5.91. The SMILES string of the molecule is ClC(CCc1ccc(OC2CC2)cc1)C1CC1. The first-order chi connectivity index (χ1) is 8.31. The first-order valence-corrected chi connectivity index (χ1v) is 7.14. The third-order valence-corrected chi connectivity index (χ3v) is 4.17. The summed E-state index contributed by atoms with van der Waals surface area (Å²) in [4.78, 5) is 0. The van der Waals surface area contributed by atoms with Crippen molar-refractivity contribution in [2.24, 2.45) is 5.92 Å². The molecule has 2 saturated carbocycles. The summed E-state index contributed by atoms with van der Waals surface area (Å²) >= 11 is 6.31. The normalized spacial score (nSPS) is 21.2. The van der Waals surface area contributed by atoms with E-state index in [9.17, 15) is 0 Å². The van der Waals surface area contributed by atoms with E-state index < -0.39 is 0 Å². The van der Waals surface area contributed by atoms with Crippen LogP contribution >= 0.6 is 11.6 Å². The summed E-state index contributed by atoms with van der Waals surface area (Å²) in [5.74, 6) is 1.81. The van der Waals surface area contributed by atoms with Crippen molar-refractivity contribution in [3.8, 4) is 5.75 Å². The second kappa shape index (κ2) is 4.89. The Bertz CT molecular complexity index is 365. The lowest BCUT2D eigenvalue weighted by Gasteiger charge is -2.08. The molecule has 1 aromatic rings. The Morgan fingerprint density at radius 3 is 2.41 bits per heavy atom. The third kappa shape index (κ3) is 3.38. The second-order valence-electron chi connectivity index (χ2n) is 5.35. The van der Waals surface area contributed by atoms with Gasteiger partial charge in [-0.1, -0.05) is 12.1 Å². The zero-order valence-corrected chi connectivity index (χ0v) is 10.8. The van der Waals surface area contributed by atoms with E-state index in [0.717, 1.165) is 24.5 Å². The van der Waals surface area contributed by atoms with Crippen molar-refractivity contribution in [3.63, 3.8) is 0 Å². The monoisotopic (exact) mass is 250 g/mol. The quantitative estimate of drug-likeness (QED) is 0.689. The molecule has 1 aromatic carbocycles. The Hall–Kier alpha value is -0.690. The molecule has 1 unspecified atom stereocenters. The van der Waals surface area contributed by atoms with Gasteiger partial charge < -0.3 is 4.74 Å². The lowest BCUT2D eigenvalue weighted by Crippen LogP contribution is -2.03. The number of ether oxygens (including phenoxy) is 1. The van der Waals surface area contributed by atoms with Crippen LogP contribution in [0.3, 0.4) is 0 Å². The molecule has 0 spiro atoms. The van der Waals surface area contributed by atoms with Crippen LogP contribution in [0.1, 0.15) is 37.7 Å². The topological polar surface area (TPSA) is 9.23 Å². The number of hydrogen-bond donors (Lipinski definition) is 0. The van der Waals surface area contributed by atoms with Gasteiger partial charge in [-0.3, -0.25) is 0 Å². The Kier molecular flexibility index (Phi) is 3.28. The van der Waals surface area contributed by atoms with E-state index >= 15 is 0 Å². The van der Waals surface area contributed by atoms with E-state index in [0.29, 0.717) is 11.5 Å². The van der Waals surface area contributed by atoms with Gasteiger partial charge in [0.05, 0.1) is 6.10 Å². The largest absolute Gasteiger partial charge is 0.490 e. The van der Waals surface area contributed by atoms with Crippen LogP contribution < -0.4 is 4.74 Å². The summed E-state index contributed by atoms with van der Waals surface area (Å²) in [6.07, 6.45) is 7.80. The Labute approximate surface area is 108 Å². The van der Waals surface area contributed by atoms with Gasteiger partial charge in [0.1, 0.15) is 5.75 Å². The van der Waals surface area contributed by atoms with E-state index in [1.54, 1.807) is 0 Å². The fraction of sp³-hybridized carbons (Fsp3) is 0.600. The molecule has 2 heteroatoms. The van der Waals surface area contributed by atoms with Crippen molar-refractivity contribution in [1.82, 2.24) is 0 Å². The average Bonchev–Trinajstić information content (AvgIpc) is 3.20. The predicted molar refractivity (Wildman–Crippen MR) is 70.8 cm³/mol. The molecule has 0 N–H and O–H groups in total. The fourth-order valence-corrected chi connectivity index (χ4v) is 2.47. The lowest BCUT2D eigenvalue weighted by atomic mass is 10.1. The van der Waals surface area contributed by atoms with Gasteiger partial charge in [0, 0.05) is 5.38 Å². The number of aryl methyl sites for hydroxylation is 1. The van der Waals surface area contributed by atoms with E-state index in [1.165, 1.54) is 31.2 Å². The number of rotatable bonds is 6. The smallest absolute Gasteiger partial charge is 0.119 e. The van der Waals surface area contributed by atoms with Gasteiger partial charge >= 0.3 is 0 Å². The van der Waals surface area contributed by atoms with E-state index in [1.807, 2.05) is 0 Å². The summed E-state index contributed by atoms with van der Waals surface area (Å²) in [5, 5.41) is 0.386. The highest BCUT2D eigenvalue weighted by atomic mass is 35.5. The number of hydrogen-bond acceptors (Lipinski definition) is 1. The molecule has 0 radical (unpaired) electrons. The van der Waals surface area contributed by atoms with Crippen LogP contribution in [0.25, 0.3) is 0 Å². The molecule has 0 bridgehead atoms. The molecule has 3 rings (SSSR count). The van der Waals surface area contributed by atoms with Crippen LogP contribution in [-0.2, 0) is 6.42 Å². The third-order valence-electron chi connectivity index (χ3n) is 3.59. The molecule has 2 aliphatic rings. The summed E-state index contributed by atoms with van der Waals surface area (Å²) in [6, 6.07) is 8.53. The predicted octanol–water partition coefficient (Wildman–Crippen LogP) is 4.18. The molecule has 92 valence electrons. The van der Waals surface area contributed by atoms with E-state index in [4.69, 9.17) is 16.3 Å². The van der Waals surface area contributed by atoms with Gasteiger partial charge in [-0.2, -0.15) is 0 Å². The molecular formula is C15H19ClO. The van der Waals surface area contributed by atoms with Gasteiger partial charge in [-0.25, -0.2) is 0 Å². The van der Waals surface area contributed by atoms with Gasteiger partial charge in [0.15, 0.2) is 0 Å². The molecular weight excluding hydrogens is 232 g/mol. The van der Waals surface area contributed by atoms with E-state index in [-0.39, 0.29) is 0 Å². The number of alkyl halides is 1. The lowest BCUT2D eigenvalue weighted by molar-refractivity contribution is 0.303. The molecule has 2 fully saturated rings. The first kappa shape index (κ1) is 11.4. The highest BCUT2D eigenvalue weighted by Crippen LogP contribution is 2.37. The summed E-state index contributed by atoms with van der Waals surface area (Å²) in [7, 11) is 0. The molecule has 0 aromatic heterocycles. The summed E-state index contributed by atoms with van der Waals surface area (Å²) in [6.45, 7) is 0. The van der Waals surface area contributed by atoms with Crippen molar-refractivity contribution < 1.29 is 4.74 Å². The minimum atomic E-state index is 0.386. The highest BCUT2D eigenvalue weighted by molar-refractivity contribution is 6.20. The maximum Gasteiger partial charge on any atom is 0.119 e. The zero-order valence-electron chi connectivity index (χ0n) is 10.1. The number of benzene rings is 1. The first-order valence-electron chi connectivity index (χ1n) is 6.71. The average molecular weight is 251 g/mol. The minimum Gasteiger partial charge on any atom is -0.490 e. The fourth-order valence-electron chi connectivity index (χ4n) is 2.11. The van der Waals surface area contributed by atoms with Crippen LogP contribution in [0, 0.1) is 5.92 Å². The maximum atomic E-state index is 6.31. The molecule has 0 heterocycles. The molecule has 1 nitrogen and oxygen atoms in total. The van der Waals surface area contributed by atoms with Crippen LogP contribution in [0.5, 0.6) is 5.75 Å². The van der Waals surface area contributed by atoms with Crippen LogP contribution in [-0.4, -0.2) is 11.5 Å². The standard InChI is InChI=1S/C15H19ClO/c16-15(12-4-5-12)10-3-11-1-6-13(7-2-11)17-14-8-9-14/h1-2,6-7,12,14-15H,3-5,8-10H2. The van der Waals surface area contributed by atoms with Crippen molar-refractivity contribution in [2.45, 2.75) is 50.0 Å². The molecule has 1 atom stereocenters. The van der Waals surface area contributed by atoms with Crippen molar-refractivity contribution in [1.29, 1.82) is 0 Å². The Balaban J connectivity index is 1.48. The highest BCUT2D eigenvalue weighted by Gasteiger charge is 2.29. The number of halogens is 1. The van der Waals surface area contributed by atoms with Gasteiger partial charge in [-0.05, 0) is 62.1 Å². The van der Waals surface area contributed by atoms with Crippen LogP contribution in [0.15, 0.2) is 24.3 Å². The Morgan fingerprint density at radius 1 is 1.12 bits per heavy atom. The Morgan fingerprint density at radius 2 is 1.82 bits per heavy atom. The van der Waals surface area contributed by atoms with Crippen LogP contribution in [0.4, 0.5) is 0 Å². The molecule has 2 aliphatic carbocycles. The van der Waals surface area contributed by atoms with Gasteiger partial charge in [0.2, 0.25) is 0 Å². The van der Waals surface area contributed by atoms with Crippen molar-refractivity contribution in [3.05, 3.63) is 29.8 Å². The molecule has 0 saturated heterocycles. The summed E-state index contributed by atoms with van der Waals surface area (Å²) < 4.78 is 5.73. The van der Waals surface area contributed by atoms with Gasteiger partial charge in [-0.15, -0.1) is 11.6 Å². The van der Waals surface area contributed by atoms with Crippen molar-refractivity contribution >= 4 is 11.6 Å². The van der Waals surface area contributed by atoms with E-state index in [2.05, 4.69) is 24.3 Å². The minimum absolute atomic E-state index is 0.386.